The molecule has 28 heavy (non-hydrogen) atoms. The van der Waals surface area contributed by atoms with Crippen LogP contribution in [0.4, 0.5) is 11.4 Å². The minimum Gasteiger partial charge on any atom is -0.321 e. The Bertz CT molecular complexity index is 1090. The molecular formula is C22H24N4O2. The van der Waals surface area contributed by atoms with Crippen molar-refractivity contribution in [3.05, 3.63) is 59.7 Å². The van der Waals surface area contributed by atoms with Crippen molar-refractivity contribution < 1.29 is 9.59 Å². The zero-order chi connectivity index (χ0) is 20.1. The number of carbonyl (C=O) groups is 2. The largest absolute Gasteiger partial charge is 0.321 e. The fourth-order valence-electron chi connectivity index (χ4n) is 3.71. The number of rotatable bonds is 2. The van der Waals surface area contributed by atoms with Gasteiger partial charge in [0.05, 0.1) is 5.52 Å². The van der Waals surface area contributed by atoms with Crippen LogP contribution in [0.3, 0.4) is 0 Å². The number of benzene rings is 1. The van der Waals surface area contributed by atoms with Crippen LogP contribution < -0.4 is 10.2 Å². The fraction of sp³-hybridized carbons (Fsp3) is 0.318. The van der Waals surface area contributed by atoms with Gasteiger partial charge in [-0.1, -0.05) is 32.9 Å². The highest BCUT2D eigenvalue weighted by Crippen LogP contribution is 2.31. The number of nitrogens with zero attached hydrogens (tertiary/aromatic N) is 3. The van der Waals surface area contributed by atoms with Crippen LogP contribution in [0.5, 0.6) is 0 Å². The van der Waals surface area contributed by atoms with E-state index in [2.05, 4.69) is 31.1 Å². The van der Waals surface area contributed by atoms with Crippen molar-refractivity contribution >= 4 is 28.7 Å². The van der Waals surface area contributed by atoms with E-state index in [1.165, 1.54) is 0 Å². The molecule has 0 unspecified atom stereocenters. The van der Waals surface area contributed by atoms with Gasteiger partial charge in [0.25, 0.3) is 5.91 Å². The maximum Gasteiger partial charge on any atom is 0.276 e. The number of carbonyl (C=O) groups excluding carboxylic acids is 2. The van der Waals surface area contributed by atoms with Crippen molar-refractivity contribution in [3.8, 4) is 0 Å². The lowest BCUT2D eigenvalue weighted by Gasteiger charge is -2.16. The van der Waals surface area contributed by atoms with Gasteiger partial charge in [-0.25, -0.2) is 4.98 Å². The second-order valence-electron chi connectivity index (χ2n) is 8.21. The van der Waals surface area contributed by atoms with Crippen molar-refractivity contribution in [2.75, 3.05) is 16.8 Å². The minimum absolute atomic E-state index is 0.0112. The summed E-state index contributed by atoms with van der Waals surface area (Å²) in [4.78, 5) is 31.3. The normalized spacial score (nSPS) is 13.6. The molecule has 1 aliphatic rings. The molecule has 2 amide bonds. The first-order valence-electron chi connectivity index (χ1n) is 9.45. The number of hydrogen-bond donors (Lipinski definition) is 1. The molecule has 0 saturated heterocycles. The molecule has 0 radical (unpaired) electrons. The summed E-state index contributed by atoms with van der Waals surface area (Å²) in [6.45, 7) is 8.47. The lowest BCUT2D eigenvalue weighted by Crippen LogP contribution is -2.25. The first-order chi connectivity index (χ1) is 13.3. The molecule has 1 aliphatic heterocycles. The third-order valence-corrected chi connectivity index (χ3v) is 5.05. The SMILES string of the molecule is CC(=O)N1CCc2ccc(NC(=O)c3nc(C(C)(C)C)n4ccccc34)cc21. The molecule has 0 atom stereocenters. The van der Waals surface area contributed by atoms with E-state index in [1.54, 1.807) is 11.8 Å². The predicted molar refractivity (Wildman–Crippen MR) is 110 cm³/mol. The third kappa shape index (κ3) is 3.05. The van der Waals surface area contributed by atoms with E-state index < -0.39 is 0 Å². The number of anilines is 2. The zero-order valence-corrected chi connectivity index (χ0v) is 16.6. The van der Waals surface area contributed by atoms with Crippen molar-refractivity contribution in [1.82, 2.24) is 9.38 Å². The van der Waals surface area contributed by atoms with Gasteiger partial charge < -0.3 is 14.6 Å². The Kier molecular flexibility index (Phi) is 4.22. The summed E-state index contributed by atoms with van der Waals surface area (Å²) < 4.78 is 1.97. The Balaban J connectivity index is 1.69. The molecule has 6 nitrogen and oxygen atoms in total. The maximum absolute atomic E-state index is 13.0. The topological polar surface area (TPSA) is 66.7 Å². The number of nitrogens with one attached hydrogen (secondary N) is 1. The summed E-state index contributed by atoms with van der Waals surface area (Å²) in [6, 6.07) is 11.5. The summed E-state index contributed by atoms with van der Waals surface area (Å²) in [5, 5.41) is 2.95. The first-order valence-corrected chi connectivity index (χ1v) is 9.45. The molecular weight excluding hydrogens is 352 g/mol. The van der Waals surface area contributed by atoms with Gasteiger partial charge in [0.2, 0.25) is 5.91 Å². The Morgan fingerprint density at radius 2 is 1.93 bits per heavy atom. The van der Waals surface area contributed by atoms with E-state index in [0.29, 0.717) is 17.9 Å². The van der Waals surface area contributed by atoms with Gasteiger partial charge in [0.15, 0.2) is 5.69 Å². The molecule has 0 saturated carbocycles. The summed E-state index contributed by atoms with van der Waals surface area (Å²) >= 11 is 0. The van der Waals surface area contributed by atoms with E-state index in [9.17, 15) is 9.59 Å². The highest BCUT2D eigenvalue weighted by atomic mass is 16.2. The van der Waals surface area contributed by atoms with Gasteiger partial charge in [-0.2, -0.15) is 0 Å². The number of pyridine rings is 1. The van der Waals surface area contributed by atoms with Crippen LogP contribution in [0.15, 0.2) is 42.6 Å². The van der Waals surface area contributed by atoms with Crippen LogP contribution >= 0.6 is 0 Å². The summed E-state index contributed by atoms with van der Waals surface area (Å²) in [5.41, 5.74) is 3.63. The second-order valence-corrected chi connectivity index (χ2v) is 8.21. The van der Waals surface area contributed by atoms with Crippen LogP contribution in [0.1, 0.15) is 49.6 Å². The van der Waals surface area contributed by atoms with Crippen LogP contribution in [0.25, 0.3) is 5.52 Å². The van der Waals surface area contributed by atoms with Crippen LogP contribution in [-0.4, -0.2) is 27.7 Å². The number of amides is 2. The summed E-state index contributed by atoms with van der Waals surface area (Å²) in [5.74, 6) is 0.591. The van der Waals surface area contributed by atoms with Crippen molar-refractivity contribution in [1.29, 1.82) is 0 Å². The quantitative estimate of drug-likeness (QED) is 0.740. The molecule has 3 heterocycles. The number of hydrogen-bond acceptors (Lipinski definition) is 3. The molecule has 0 fully saturated rings. The highest BCUT2D eigenvalue weighted by molar-refractivity contribution is 6.08. The number of imidazole rings is 1. The minimum atomic E-state index is -0.258. The number of fused-ring (bicyclic) bond motifs is 2. The van der Waals surface area contributed by atoms with E-state index in [4.69, 9.17) is 0 Å². The Hall–Kier alpha value is -3.15. The van der Waals surface area contributed by atoms with Gasteiger partial charge >= 0.3 is 0 Å². The van der Waals surface area contributed by atoms with Crippen LogP contribution in [0, 0.1) is 0 Å². The Morgan fingerprint density at radius 3 is 2.64 bits per heavy atom. The average molecular weight is 376 g/mol. The van der Waals surface area contributed by atoms with Crippen molar-refractivity contribution in [2.45, 2.75) is 39.5 Å². The van der Waals surface area contributed by atoms with Crippen molar-refractivity contribution in [2.24, 2.45) is 0 Å². The molecule has 6 heteroatoms. The fourth-order valence-corrected chi connectivity index (χ4v) is 3.71. The molecule has 1 N–H and O–H groups in total. The monoisotopic (exact) mass is 376 g/mol. The van der Waals surface area contributed by atoms with Gasteiger partial charge in [-0.05, 0) is 36.2 Å². The van der Waals surface area contributed by atoms with E-state index >= 15 is 0 Å². The standard InChI is InChI=1S/C22H24N4O2/c1-14(27)25-12-10-15-8-9-16(13-18(15)25)23-20(28)19-17-7-5-6-11-26(17)21(24-19)22(2,3)4/h5-9,11,13H,10,12H2,1-4H3,(H,23,28). The smallest absolute Gasteiger partial charge is 0.276 e. The van der Waals surface area contributed by atoms with Gasteiger partial charge in [0, 0.05) is 36.5 Å². The lowest BCUT2D eigenvalue weighted by molar-refractivity contribution is -0.116. The van der Waals surface area contributed by atoms with Crippen molar-refractivity contribution in [3.63, 3.8) is 0 Å². The zero-order valence-electron chi connectivity index (χ0n) is 16.6. The molecule has 0 bridgehead atoms. The van der Waals surface area contributed by atoms with Crippen LogP contribution in [0.2, 0.25) is 0 Å². The van der Waals surface area contributed by atoms with Crippen LogP contribution in [-0.2, 0) is 16.6 Å². The highest BCUT2D eigenvalue weighted by Gasteiger charge is 2.26. The summed E-state index contributed by atoms with van der Waals surface area (Å²) in [7, 11) is 0. The van der Waals surface area contributed by atoms with E-state index in [0.717, 1.165) is 29.0 Å². The van der Waals surface area contributed by atoms with Gasteiger partial charge in [-0.3, -0.25) is 9.59 Å². The molecule has 2 aromatic heterocycles. The second kappa shape index (κ2) is 6.48. The molecule has 1 aromatic carbocycles. The molecule has 144 valence electrons. The lowest BCUT2D eigenvalue weighted by atomic mass is 9.96. The van der Waals surface area contributed by atoms with E-state index in [1.807, 2.05) is 47.0 Å². The van der Waals surface area contributed by atoms with E-state index in [-0.39, 0.29) is 17.2 Å². The Labute approximate surface area is 164 Å². The predicted octanol–water partition coefficient (Wildman–Crippen LogP) is 3.79. The number of aromatic nitrogens is 2. The van der Waals surface area contributed by atoms with Gasteiger partial charge in [-0.15, -0.1) is 0 Å². The molecule has 0 aliphatic carbocycles. The maximum atomic E-state index is 13.0. The summed E-state index contributed by atoms with van der Waals surface area (Å²) in [6.07, 6.45) is 2.77. The molecule has 4 rings (SSSR count). The third-order valence-electron chi connectivity index (χ3n) is 5.05. The Morgan fingerprint density at radius 1 is 1.14 bits per heavy atom. The average Bonchev–Trinajstić information content (AvgIpc) is 3.22. The first kappa shape index (κ1) is 18.2. The molecule has 0 spiro atoms. The molecule has 3 aromatic rings. The van der Waals surface area contributed by atoms with Gasteiger partial charge in [0.1, 0.15) is 5.82 Å².